The normalized spacial score (nSPS) is 10.6. The highest BCUT2D eigenvalue weighted by Crippen LogP contribution is 2.25. The maximum Gasteiger partial charge on any atom is 0.226 e. The third-order valence-electron chi connectivity index (χ3n) is 4.66. The molecule has 0 unspecified atom stereocenters. The predicted molar refractivity (Wildman–Crippen MR) is 111 cm³/mol. The van der Waals surface area contributed by atoms with Gasteiger partial charge in [-0.05, 0) is 49.2 Å². The summed E-state index contributed by atoms with van der Waals surface area (Å²) >= 11 is 0. The first-order valence-corrected chi connectivity index (χ1v) is 9.58. The molecule has 3 aromatic rings. The molecule has 0 atom stereocenters. The second-order valence-corrected chi connectivity index (χ2v) is 6.79. The van der Waals surface area contributed by atoms with Crippen molar-refractivity contribution in [1.29, 1.82) is 0 Å². The van der Waals surface area contributed by atoms with Crippen LogP contribution in [0.4, 0.5) is 0 Å². The van der Waals surface area contributed by atoms with Gasteiger partial charge in [-0.2, -0.15) is 0 Å². The maximum absolute atomic E-state index is 12.2. The van der Waals surface area contributed by atoms with Crippen LogP contribution >= 0.6 is 0 Å². The van der Waals surface area contributed by atoms with Crippen molar-refractivity contribution < 1.29 is 18.7 Å². The highest BCUT2D eigenvalue weighted by molar-refractivity contribution is 5.76. The lowest BCUT2D eigenvalue weighted by molar-refractivity contribution is -0.121. The highest BCUT2D eigenvalue weighted by Gasteiger charge is 2.10. The lowest BCUT2D eigenvalue weighted by Gasteiger charge is -2.10. The number of benzene rings is 2. The summed E-state index contributed by atoms with van der Waals surface area (Å²) in [6.45, 7) is 2.55. The fourth-order valence-corrected chi connectivity index (χ4v) is 2.99. The standard InChI is InChI=1S/C23H26N2O4/c1-16-4-6-17(7-5-16)23-25-19(15-29-23)12-13-24-22(26)11-8-18-14-20(27-2)9-10-21(18)28-3/h4-7,9-10,14-15H,8,11-13H2,1-3H3,(H,24,26). The summed E-state index contributed by atoms with van der Waals surface area (Å²) in [6.07, 6.45) is 3.21. The third kappa shape index (κ3) is 5.60. The number of oxazole rings is 1. The Kier molecular flexibility index (Phi) is 6.89. The second kappa shape index (κ2) is 9.78. The van der Waals surface area contributed by atoms with E-state index < -0.39 is 0 Å². The summed E-state index contributed by atoms with van der Waals surface area (Å²) in [4.78, 5) is 16.7. The van der Waals surface area contributed by atoms with Gasteiger partial charge in [-0.1, -0.05) is 17.7 Å². The Hall–Kier alpha value is -3.28. The molecule has 1 heterocycles. The molecule has 2 aromatic carbocycles. The van der Waals surface area contributed by atoms with Crippen LogP contribution in [-0.4, -0.2) is 31.7 Å². The van der Waals surface area contributed by atoms with E-state index >= 15 is 0 Å². The number of amides is 1. The molecule has 0 spiro atoms. The number of aryl methyl sites for hydroxylation is 2. The molecule has 1 aromatic heterocycles. The van der Waals surface area contributed by atoms with Crippen molar-refractivity contribution in [3.8, 4) is 23.0 Å². The quantitative estimate of drug-likeness (QED) is 0.595. The van der Waals surface area contributed by atoms with Gasteiger partial charge in [0.2, 0.25) is 11.8 Å². The molecular weight excluding hydrogens is 368 g/mol. The third-order valence-corrected chi connectivity index (χ3v) is 4.66. The maximum atomic E-state index is 12.2. The van der Waals surface area contributed by atoms with Crippen molar-refractivity contribution in [3.63, 3.8) is 0 Å². The first kappa shape index (κ1) is 20.5. The second-order valence-electron chi connectivity index (χ2n) is 6.79. The van der Waals surface area contributed by atoms with Crippen LogP contribution in [0.3, 0.4) is 0 Å². The average molecular weight is 394 g/mol. The van der Waals surface area contributed by atoms with Gasteiger partial charge < -0.3 is 19.2 Å². The number of carbonyl (C=O) groups is 1. The van der Waals surface area contributed by atoms with Crippen LogP contribution in [0.1, 0.15) is 23.2 Å². The van der Waals surface area contributed by atoms with Crippen LogP contribution < -0.4 is 14.8 Å². The van der Waals surface area contributed by atoms with E-state index in [1.165, 1.54) is 5.56 Å². The zero-order valence-corrected chi connectivity index (χ0v) is 17.0. The van der Waals surface area contributed by atoms with E-state index in [2.05, 4.69) is 10.3 Å². The Morgan fingerprint density at radius 2 is 1.86 bits per heavy atom. The van der Waals surface area contributed by atoms with Crippen LogP contribution in [0.15, 0.2) is 53.1 Å². The Bertz CT molecular complexity index is 948. The molecule has 1 amide bonds. The largest absolute Gasteiger partial charge is 0.497 e. The number of nitrogens with one attached hydrogen (secondary N) is 1. The van der Waals surface area contributed by atoms with Gasteiger partial charge >= 0.3 is 0 Å². The molecule has 0 fully saturated rings. The predicted octanol–water partition coefficient (Wildman–Crippen LogP) is 3.96. The molecule has 1 N–H and O–H groups in total. The van der Waals surface area contributed by atoms with Gasteiger partial charge in [0.1, 0.15) is 17.8 Å². The number of carbonyl (C=O) groups excluding carboxylic acids is 1. The van der Waals surface area contributed by atoms with Gasteiger partial charge in [0.15, 0.2) is 0 Å². The van der Waals surface area contributed by atoms with Crippen molar-refractivity contribution in [1.82, 2.24) is 10.3 Å². The molecule has 0 aliphatic heterocycles. The van der Waals surface area contributed by atoms with Crippen molar-refractivity contribution in [2.75, 3.05) is 20.8 Å². The number of nitrogens with zero attached hydrogens (tertiary/aromatic N) is 1. The zero-order chi connectivity index (χ0) is 20.6. The van der Waals surface area contributed by atoms with E-state index in [1.54, 1.807) is 20.5 Å². The molecule has 152 valence electrons. The first-order valence-electron chi connectivity index (χ1n) is 9.58. The average Bonchev–Trinajstić information content (AvgIpc) is 3.21. The van der Waals surface area contributed by atoms with E-state index in [1.807, 2.05) is 49.4 Å². The topological polar surface area (TPSA) is 73.6 Å². The summed E-state index contributed by atoms with van der Waals surface area (Å²) in [7, 11) is 3.24. The molecule has 0 radical (unpaired) electrons. The Morgan fingerprint density at radius 1 is 1.07 bits per heavy atom. The van der Waals surface area contributed by atoms with E-state index in [-0.39, 0.29) is 5.91 Å². The van der Waals surface area contributed by atoms with Crippen molar-refractivity contribution in [3.05, 3.63) is 65.5 Å². The summed E-state index contributed by atoms with van der Waals surface area (Å²) in [5.41, 5.74) is 3.89. The lowest BCUT2D eigenvalue weighted by atomic mass is 10.1. The van der Waals surface area contributed by atoms with Gasteiger partial charge in [0, 0.05) is 24.9 Å². The highest BCUT2D eigenvalue weighted by atomic mass is 16.5. The van der Waals surface area contributed by atoms with E-state index in [9.17, 15) is 4.79 Å². The van der Waals surface area contributed by atoms with E-state index in [0.717, 1.165) is 28.3 Å². The van der Waals surface area contributed by atoms with Crippen LogP contribution in [0, 0.1) is 6.92 Å². The number of rotatable bonds is 9. The summed E-state index contributed by atoms with van der Waals surface area (Å²) in [6, 6.07) is 13.6. The molecule has 6 heteroatoms. The number of hydrogen-bond donors (Lipinski definition) is 1. The van der Waals surface area contributed by atoms with Crippen LogP contribution in [-0.2, 0) is 17.6 Å². The first-order chi connectivity index (χ1) is 14.1. The van der Waals surface area contributed by atoms with Gasteiger partial charge in [-0.25, -0.2) is 4.98 Å². The van der Waals surface area contributed by atoms with Crippen molar-refractivity contribution >= 4 is 5.91 Å². The Labute approximate surface area is 170 Å². The Balaban J connectivity index is 1.46. The van der Waals surface area contributed by atoms with Crippen LogP contribution in [0.5, 0.6) is 11.5 Å². The van der Waals surface area contributed by atoms with Gasteiger partial charge in [0.05, 0.1) is 19.9 Å². The molecule has 29 heavy (non-hydrogen) atoms. The van der Waals surface area contributed by atoms with Crippen LogP contribution in [0.25, 0.3) is 11.5 Å². The zero-order valence-electron chi connectivity index (χ0n) is 17.0. The van der Waals surface area contributed by atoms with Gasteiger partial charge in [0.25, 0.3) is 0 Å². The lowest BCUT2D eigenvalue weighted by Crippen LogP contribution is -2.26. The van der Waals surface area contributed by atoms with Crippen LogP contribution in [0.2, 0.25) is 0 Å². The van der Waals surface area contributed by atoms with Crippen molar-refractivity contribution in [2.24, 2.45) is 0 Å². The molecule has 0 saturated carbocycles. The number of aromatic nitrogens is 1. The number of methoxy groups -OCH3 is 2. The van der Waals surface area contributed by atoms with Gasteiger partial charge in [-0.15, -0.1) is 0 Å². The summed E-state index contributed by atoms with van der Waals surface area (Å²) < 4.78 is 16.1. The SMILES string of the molecule is COc1ccc(OC)c(CCC(=O)NCCc2coc(-c3ccc(C)cc3)n2)c1. The van der Waals surface area contributed by atoms with E-state index in [0.29, 0.717) is 31.7 Å². The number of ether oxygens (including phenoxy) is 2. The fourth-order valence-electron chi connectivity index (χ4n) is 2.99. The van der Waals surface area contributed by atoms with Gasteiger partial charge in [-0.3, -0.25) is 4.79 Å². The van der Waals surface area contributed by atoms with Crippen molar-refractivity contribution in [2.45, 2.75) is 26.2 Å². The fraction of sp³-hybridized carbons (Fsp3) is 0.304. The molecular formula is C23H26N2O4. The molecule has 0 aliphatic rings. The monoisotopic (exact) mass is 394 g/mol. The number of hydrogen-bond acceptors (Lipinski definition) is 5. The Morgan fingerprint density at radius 3 is 2.59 bits per heavy atom. The smallest absolute Gasteiger partial charge is 0.226 e. The minimum Gasteiger partial charge on any atom is -0.497 e. The molecule has 3 rings (SSSR count). The minimum atomic E-state index is -0.0166. The molecule has 0 aliphatic carbocycles. The molecule has 0 bridgehead atoms. The summed E-state index contributed by atoms with van der Waals surface area (Å²) in [5.74, 6) is 2.08. The van der Waals surface area contributed by atoms with E-state index in [4.69, 9.17) is 13.9 Å². The molecule has 6 nitrogen and oxygen atoms in total. The summed E-state index contributed by atoms with van der Waals surface area (Å²) in [5, 5.41) is 2.93. The minimum absolute atomic E-state index is 0.0166. The molecule has 0 saturated heterocycles.